The van der Waals surface area contributed by atoms with Crippen LogP contribution in [0.1, 0.15) is 23.1 Å². The average molecular weight is 460 g/mol. The summed E-state index contributed by atoms with van der Waals surface area (Å²) >= 11 is 4.87. The van der Waals surface area contributed by atoms with Crippen LogP contribution < -0.4 is 16.4 Å². The van der Waals surface area contributed by atoms with Gasteiger partial charge in [-0.1, -0.05) is 27.7 Å². The Morgan fingerprint density at radius 1 is 1.07 bits per heavy atom. The van der Waals surface area contributed by atoms with Crippen LogP contribution in [-0.2, 0) is 12.6 Å². The van der Waals surface area contributed by atoms with Crippen LogP contribution in [0.2, 0.25) is 0 Å². The summed E-state index contributed by atoms with van der Waals surface area (Å²) < 4.78 is 41.0. The van der Waals surface area contributed by atoms with Crippen LogP contribution in [0.4, 0.5) is 18.9 Å². The molecule has 0 unspecified atom stereocenters. The minimum Gasteiger partial charge on any atom is -0.385 e. The minimum atomic E-state index is -4.37. The second-order valence-corrected chi connectivity index (χ2v) is 8.35. The Bertz CT molecular complexity index is 812. The molecule has 0 aromatic heterocycles. The molecular weight excluding hydrogens is 439 g/mol. The molecule has 0 radical (unpaired) electrons. The zero-order valence-electron chi connectivity index (χ0n) is 14.6. The number of rotatable bonds is 7. The summed E-state index contributed by atoms with van der Waals surface area (Å²) in [5, 5.41) is 6.40. The van der Waals surface area contributed by atoms with Crippen molar-refractivity contribution >= 4 is 33.4 Å². The summed E-state index contributed by atoms with van der Waals surface area (Å²) in [7, 11) is 0. The lowest BCUT2D eigenvalue weighted by Crippen LogP contribution is -2.24. The molecule has 146 valence electrons. The predicted molar refractivity (Wildman–Crippen MR) is 108 cm³/mol. The van der Waals surface area contributed by atoms with Gasteiger partial charge in [-0.3, -0.25) is 0 Å². The Morgan fingerprint density at radius 2 is 1.89 bits per heavy atom. The molecule has 3 nitrogen and oxygen atoms in total. The van der Waals surface area contributed by atoms with Crippen molar-refractivity contribution in [3.63, 3.8) is 0 Å². The van der Waals surface area contributed by atoms with Gasteiger partial charge in [-0.2, -0.15) is 13.2 Å². The smallest absolute Gasteiger partial charge is 0.385 e. The van der Waals surface area contributed by atoms with E-state index in [4.69, 9.17) is 5.73 Å². The first-order chi connectivity index (χ1) is 12.9. The zero-order valence-corrected chi connectivity index (χ0v) is 17.0. The molecule has 1 heterocycles. The van der Waals surface area contributed by atoms with Gasteiger partial charge in [0.2, 0.25) is 0 Å². The van der Waals surface area contributed by atoms with E-state index in [0.717, 1.165) is 40.0 Å². The van der Waals surface area contributed by atoms with Crippen molar-refractivity contribution in [2.24, 2.45) is 5.73 Å². The van der Waals surface area contributed by atoms with Crippen LogP contribution in [0.5, 0.6) is 0 Å². The van der Waals surface area contributed by atoms with Gasteiger partial charge in [0.05, 0.1) is 5.56 Å². The number of benzene rings is 2. The van der Waals surface area contributed by atoms with Crippen molar-refractivity contribution in [1.29, 1.82) is 0 Å². The van der Waals surface area contributed by atoms with E-state index in [1.165, 1.54) is 23.9 Å². The van der Waals surface area contributed by atoms with Crippen molar-refractivity contribution in [2.45, 2.75) is 28.8 Å². The lowest BCUT2D eigenvalue weighted by Gasteiger charge is -2.24. The second kappa shape index (κ2) is 8.86. The fourth-order valence-corrected chi connectivity index (χ4v) is 4.53. The Kier molecular flexibility index (Phi) is 6.73. The van der Waals surface area contributed by atoms with Crippen molar-refractivity contribution in [3.05, 3.63) is 51.5 Å². The summed E-state index contributed by atoms with van der Waals surface area (Å²) in [6, 6.07) is 8.39. The first kappa shape index (κ1) is 20.5. The van der Waals surface area contributed by atoms with Crippen LogP contribution in [0.3, 0.4) is 0 Å². The van der Waals surface area contributed by atoms with Gasteiger partial charge in [-0.25, -0.2) is 0 Å². The molecule has 0 saturated heterocycles. The molecule has 0 saturated carbocycles. The Labute approximate surface area is 169 Å². The first-order valence-corrected chi connectivity index (χ1v) is 10.3. The van der Waals surface area contributed by atoms with Crippen molar-refractivity contribution in [3.8, 4) is 0 Å². The second-order valence-electron chi connectivity index (χ2n) is 6.35. The van der Waals surface area contributed by atoms with Crippen LogP contribution in [0.15, 0.2) is 44.6 Å². The minimum absolute atomic E-state index is 0.566. The molecule has 2 aromatic carbocycles. The van der Waals surface area contributed by atoms with E-state index >= 15 is 0 Å². The number of fused-ring (bicyclic) bond motifs is 2. The quantitative estimate of drug-likeness (QED) is 0.441. The van der Waals surface area contributed by atoms with Gasteiger partial charge in [0.15, 0.2) is 0 Å². The molecule has 2 aromatic rings. The topological polar surface area (TPSA) is 50.1 Å². The third-order valence-electron chi connectivity index (χ3n) is 4.31. The van der Waals surface area contributed by atoms with Gasteiger partial charge in [-0.15, -0.1) is 0 Å². The molecular formula is C19H21BrF3N3S. The molecule has 0 fully saturated rings. The van der Waals surface area contributed by atoms with Gasteiger partial charge in [0.25, 0.3) is 0 Å². The molecule has 3 rings (SSSR count). The number of hydrogen-bond donors (Lipinski definition) is 3. The summed E-state index contributed by atoms with van der Waals surface area (Å²) in [6.07, 6.45) is -2.95. The maximum absolute atomic E-state index is 13.3. The van der Waals surface area contributed by atoms with E-state index in [2.05, 4.69) is 26.6 Å². The molecule has 4 N–H and O–H groups in total. The zero-order chi connectivity index (χ0) is 19.4. The van der Waals surface area contributed by atoms with E-state index < -0.39 is 11.7 Å². The van der Waals surface area contributed by atoms with E-state index in [0.29, 0.717) is 30.1 Å². The van der Waals surface area contributed by atoms with Gasteiger partial charge in [0.1, 0.15) is 0 Å². The maximum atomic E-state index is 13.3. The van der Waals surface area contributed by atoms with Crippen LogP contribution in [0, 0.1) is 0 Å². The third-order valence-corrected chi connectivity index (χ3v) is 6.01. The molecule has 27 heavy (non-hydrogen) atoms. The third kappa shape index (κ3) is 5.19. The number of nitrogens with one attached hydrogen (secondary N) is 2. The van der Waals surface area contributed by atoms with Gasteiger partial charge in [0, 0.05) is 46.0 Å². The largest absolute Gasteiger partial charge is 0.416 e. The molecule has 0 atom stereocenters. The van der Waals surface area contributed by atoms with E-state index in [9.17, 15) is 13.2 Å². The number of alkyl halides is 3. The molecule has 0 bridgehead atoms. The number of hydrogen-bond acceptors (Lipinski definition) is 4. The monoisotopic (exact) mass is 459 g/mol. The Balaban J connectivity index is 1.83. The first-order valence-electron chi connectivity index (χ1n) is 8.73. The predicted octanol–water partition coefficient (Wildman–Crippen LogP) is 4.87. The molecule has 0 amide bonds. The number of nitrogens with two attached hydrogens (primary N) is 1. The molecule has 1 aliphatic heterocycles. The highest BCUT2D eigenvalue weighted by Crippen LogP contribution is 2.45. The Hall–Kier alpha value is -1.22. The van der Waals surface area contributed by atoms with Crippen molar-refractivity contribution in [1.82, 2.24) is 5.32 Å². The summed E-state index contributed by atoms with van der Waals surface area (Å²) in [6.45, 7) is 2.68. The molecule has 0 spiro atoms. The number of halogens is 4. The highest BCUT2D eigenvalue weighted by Gasteiger charge is 2.33. The van der Waals surface area contributed by atoms with Crippen LogP contribution in [0.25, 0.3) is 0 Å². The maximum Gasteiger partial charge on any atom is 0.416 e. The lowest BCUT2D eigenvalue weighted by atomic mass is 10.00. The summed E-state index contributed by atoms with van der Waals surface area (Å²) in [5.74, 6) is 0. The van der Waals surface area contributed by atoms with E-state index in [1.54, 1.807) is 0 Å². The number of anilines is 1. The fraction of sp³-hybridized carbons (Fsp3) is 0.368. The van der Waals surface area contributed by atoms with Gasteiger partial charge < -0.3 is 16.4 Å². The SMILES string of the molecule is NCCNCCCNc1cc(C(F)(F)F)cc2c1Cc1cc(Br)ccc1S2. The van der Waals surface area contributed by atoms with Crippen molar-refractivity contribution < 1.29 is 13.2 Å². The summed E-state index contributed by atoms with van der Waals surface area (Å²) in [5.41, 5.74) is 7.43. The molecule has 0 aliphatic carbocycles. The van der Waals surface area contributed by atoms with E-state index in [-0.39, 0.29) is 0 Å². The van der Waals surface area contributed by atoms with Crippen LogP contribution in [-0.4, -0.2) is 26.2 Å². The lowest BCUT2D eigenvalue weighted by molar-refractivity contribution is -0.137. The van der Waals surface area contributed by atoms with Crippen molar-refractivity contribution in [2.75, 3.05) is 31.5 Å². The fourth-order valence-electron chi connectivity index (χ4n) is 3.00. The average Bonchev–Trinajstić information content (AvgIpc) is 2.62. The Morgan fingerprint density at radius 3 is 2.63 bits per heavy atom. The highest BCUT2D eigenvalue weighted by atomic mass is 79.9. The van der Waals surface area contributed by atoms with E-state index in [1.807, 2.05) is 18.2 Å². The van der Waals surface area contributed by atoms with Gasteiger partial charge >= 0.3 is 6.18 Å². The normalized spacial score (nSPS) is 13.2. The highest BCUT2D eigenvalue weighted by molar-refractivity contribution is 9.10. The molecule has 1 aliphatic rings. The summed E-state index contributed by atoms with van der Waals surface area (Å²) in [4.78, 5) is 1.67. The van der Waals surface area contributed by atoms with Crippen LogP contribution >= 0.6 is 27.7 Å². The van der Waals surface area contributed by atoms with Gasteiger partial charge in [-0.05, 0) is 54.4 Å². The standard InChI is InChI=1S/C19H21BrF3N3S/c20-14-2-3-17-12(8-14)9-15-16(26-6-1-5-25-7-4-24)10-13(19(21,22)23)11-18(15)27-17/h2-3,8,10-11,25-26H,1,4-7,9,24H2. The molecule has 8 heteroatoms.